The van der Waals surface area contributed by atoms with E-state index in [1.54, 1.807) is 66.5 Å². The molecule has 8 aromatic rings. The summed E-state index contributed by atoms with van der Waals surface area (Å²) in [5.74, 6) is 1.94. The van der Waals surface area contributed by atoms with Crippen molar-refractivity contribution >= 4 is 45.6 Å². The third-order valence-electron chi connectivity index (χ3n) is 13.7. The average molecular weight is 1070 g/mol. The van der Waals surface area contributed by atoms with Crippen molar-refractivity contribution in [1.82, 2.24) is 29.2 Å². The van der Waals surface area contributed by atoms with Crippen LogP contribution >= 0.6 is 0 Å². The number of alkyl halides is 6. The van der Waals surface area contributed by atoms with Crippen molar-refractivity contribution in [3.05, 3.63) is 161 Å². The van der Waals surface area contributed by atoms with Crippen LogP contribution in [-0.4, -0.2) is 86.2 Å². The lowest BCUT2D eigenvalue weighted by Crippen LogP contribution is -2.16. The monoisotopic (exact) mass is 1070 g/mol. The molecule has 0 amide bonds. The van der Waals surface area contributed by atoms with Crippen LogP contribution in [0.15, 0.2) is 116 Å². The first kappa shape index (κ1) is 54.4. The summed E-state index contributed by atoms with van der Waals surface area (Å²) in [5.41, 5.74) is 9.19. The van der Waals surface area contributed by atoms with Crippen LogP contribution < -0.4 is 20.1 Å². The summed E-state index contributed by atoms with van der Waals surface area (Å²) >= 11 is 0. The number of methoxy groups -OCH3 is 2. The molecule has 0 atom stereocenters. The molecule has 10 rings (SSSR count). The van der Waals surface area contributed by atoms with Crippen molar-refractivity contribution in [2.24, 2.45) is 11.8 Å². The van der Waals surface area contributed by atoms with Crippen LogP contribution in [0.4, 0.5) is 37.7 Å². The van der Waals surface area contributed by atoms with Crippen molar-refractivity contribution in [2.45, 2.75) is 77.6 Å². The van der Waals surface area contributed by atoms with E-state index in [1.165, 1.54) is 17.7 Å². The second kappa shape index (κ2) is 22.7. The molecule has 2 fully saturated rings. The predicted molar refractivity (Wildman–Crippen MR) is 286 cm³/mol. The van der Waals surface area contributed by atoms with E-state index in [9.17, 15) is 40.7 Å². The second-order valence-corrected chi connectivity index (χ2v) is 19.7. The Bertz CT molecular complexity index is 3340. The number of fused-ring (bicyclic) bond motifs is 2. The molecule has 0 radical (unpaired) electrons. The Balaban J connectivity index is 0.000000190. The van der Waals surface area contributed by atoms with Gasteiger partial charge in [0.1, 0.15) is 17.2 Å². The van der Waals surface area contributed by atoms with E-state index in [-0.39, 0.29) is 35.1 Å². The van der Waals surface area contributed by atoms with Gasteiger partial charge in [0.15, 0.2) is 22.9 Å². The van der Waals surface area contributed by atoms with Crippen LogP contribution in [0, 0.1) is 25.7 Å². The number of ether oxygens (including phenoxy) is 2. The first-order chi connectivity index (χ1) is 37.2. The minimum Gasteiger partial charge on any atom is -0.497 e. The van der Waals surface area contributed by atoms with E-state index >= 15 is 0 Å². The number of Topliss-reactive ketones (excluding diaryl/α,β-unsaturated/α-hetero) is 2. The molecule has 0 saturated heterocycles. The fourth-order valence-corrected chi connectivity index (χ4v) is 9.06. The summed E-state index contributed by atoms with van der Waals surface area (Å²) < 4.78 is 90.7. The number of nitrogens with zero attached hydrogens (tertiary/aromatic N) is 6. The maximum Gasteiger partial charge on any atom is 0.390 e. The molecule has 13 nitrogen and oxygen atoms in total. The number of benzene rings is 4. The highest BCUT2D eigenvalue weighted by atomic mass is 19.4. The number of rotatable bonds is 20. The number of halogens is 6. The molecule has 0 unspecified atom stereocenters. The normalized spacial score (nSPS) is 13.5. The maximum absolute atomic E-state index is 13.4. The molecule has 4 heterocycles. The Labute approximate surface area is 445 Å². The van der Waals surface area contributed by atoms with Crippen molar-refractivity contribution in [3.8, 4) is 34.0 Å². The van der Waals surface area contributed by atoms with Crippen molar-refractivity contribution in [3.63, 3.8) is 0 Å². The Morgan fingerprint density at radius 1 is 0.603 bits per heavy atom. The number of anilines is 2. The van der Waals surface area contributed by atoms with Crippen LogP contribution in [0.1, 0.15) is 111 Å². The van der Waals surface area contributed by atoms with Crippen molar-refractivity contribution < 1.29 is 50.2 Å². The van der Waals surface area contributed by atoms with Gasteiger partial charge in [-0.2, -0.15) is 36.5 Å². The molecule has 4 aromatic heterocycles. The Morgan fingerprint density at radius 2 is 1.04 bits per heavy atom. The van der Waals surface area contributed by atoms with E-state index in [0.717, 1.165) is 47.9 Å². The average Bonchev–Trinajstić information content (AvgIpc) is 4.33. The van der Waals surface area contributed by atoms with E-state index in [2.05, 4.69) is 32.3 Å². The molecule has 19 heteroatoms. The van der Waals surface area contributed by atoms with E-state index in [4.69, 9.17) is 14.6 Å². The number of carbonyl (C=O) groups excluding carboxylic acids is 3. The highest BCUT2D eigenvalue weighted by molar-refractivity contribution is 6.08. The summed E-state index contributed by atoms with van der Waals surface area (Å²) in [6.07, 6.45) is -1.97. The fourth-order valence-electron chi connectivity index (χ4n) is 9.06. The molecule has 4 aromatic carbocycles. The summed E-state index contributed by atoms with van der Waals surface area (Å²) in [7, 11) is 3.06. The zero-order valence-electron chi connectivity index (χ0n) is 43.3. The van der Waals surface area contributed by atoms with E-state index in [0.29, 0.717) is 92.4 Å². The Hall–Kier alpha value is -8.35. The SMILES string of the molecule is C=C(c1cccc(OC)c1)c1cc(NCCC(F)(F)F)c2ncc(-c3ccc(C(=O)CC4CC4)c(C)c3)n2n1.COc1cccc(C(=O)c2cc(NCCC(F)(F)F)c3ncc(-c4ccc(C(=O)CC5CC5)c(C)c4)n3n2)c1. The number of aryl methyl sites for hydroxylation is 2. The largest absolute Gasteiger partial charge is 0.497 e. The Morgan fingerprint density at radius 3 is 1.47 bits per heavy atom. The van der Waals surface area contributed by atoms with Gasteiger partial charge >= 0.3 is 12.4 Å². The lowest BCUT2D eigenvalue weighted by atomic mass is 9.98. The first-order valence-corrected chi connectivity index (χ1v) is 25.5. The molecule has 2 saturated carbocycles. The van der Waals surface area contributed by atoms with Gasteiger partial charge in [0.2, 0.25) is 5.78 Å². The molecule has 0 spiro atoms. The number of imidazole rings is 2. The number of nitrogens with one attached hydrogen (secondary N) is 2. The molecule has 2 aliphatic carbocycles. The van der Waals surface area contributed by atoms with Crippen LogP contribution in [0.2, 0.25) is 0 Å². The molecule has 2 N–H and O–H groups in total. The van der Waals surface area contributed by atoms with Gasteiger partial charge in [0.05, 0.1) is 67.9 Å². The van der Waals surface area contributed by atoms with Gasteiger partial charge in [-0.05, 0) is 117 Å². The lowest BCUT2D eigenvalue weighted by Gasteiger charge is -2.14. The standard InChI is InChI=1S/C30H29F3N4O2.C29H27F3N4O3/c1-18-13-22(9-10-24(18)28(38)14-20-7-8-20)27-17-35-29-26(34-12-11-30(31,32)33)16-25(36-37(27)29)19(2)21-5-4-6-23(15-21)39-3;1-17-12-19(8-9-22(17)26(37)13-18-6-7-18)25-16-34-28-24(33-11-10-29(30,31)32)15-23(35-36(25)28)27(38)20-4-3-5-21(14-20)39-2/h4-6,9-10,13,15-17,20,34H,2,7-8,11-12,14H2,1,3H3;3-5,8-9,12,14-16,18,33H,6-7,10-11,13H2,1-2H3. The summed E-state index contributed by atoms with van der Waals surface area (Å²) in [4.78, 5) is 47.7. The smallest absolute Gasteiger partial charge is 0.390 e. The van der Waals surface area contributed by atoms with Crippen molar-refractivity contribution in [2.75, 3.05) is 37.9 Å². The summed E-state index contributed by atoms with van der Waals surface area (Å²) in [6, 6.07) is 28.0. The molecule has 78 heavy (non-hydrogen) atoms. The van der Waals surface area contributed by atoms with Gasteiger partial charge < -0.3 is 20.1 Å². The third kappa shape index (κ3) is 13.1. The van der Waals surface area contributed by atoms with Gasteiger partial charge in [0.25, 0.3) is 0 Å². The quantitative estimate of drug-likeness (QED) is 0.0554. The van der Waals surface area contributed by atoms with Gasteiger partial charge in [-0.3, -0.25) is 14.4 Å². The Kier molecular flexibility index (Phi) is 15.8. The highest BCUT2D eigenvalue weighted by Gasteiger charge is 2.30. The van der Waals surface area contributed by atoms with E-state index < -0.39 is 37.5 Å². The highest BCUT2D eigenvalue weighted by Crippen LogP contribution is 2.37. The van der Waals surface area contributed by atoms with Crippen LogP contribution in [0.25, 0.3) is 39.4 Å². The van der Waals surface area contributed by atoms with E-state index in [1.807, 2.05) is 62.4 Å². The number of ketones is 3. The topological polar surface area (TPSA) is 154 Å². The molecule has 0 aliphatic heterocycles. The lowest BCUT2D eigenvalue weighted by molar-refractivity contribution is -0.132. The molecular formula is C59H56F6N8O5. The minimum absolute atomic E-state index is 0.0254. The zero-order valence-corrected chi connectivity index (χ0v) is 43.3. The first-order valence-electron chi connectivity index (χ1n) is 25.5. The summed E-state index contributed by atoms with van der Waals surface area (Å²) in [5, 5.41) is 15.0. The third-order valence-corrected chi connectivity index (χ3v) is 13.7. The van der Waals surface area contributed by atoms with Crippen LogP contribution in [-0.2, 0) is 0 Å². The molecule has 2 aliphatic rings. The van der Waals surface area contributed by atoms with Gasteiger partial charge in [-0.25, -0.2) is 19.0 Å². The fraction of sp³-hybridized carbons (Fsp3) is 0.305. The van der Waals surface area contributed by atoms with Crippen LogP contribution in [0.5, 0.6) is 11.5 Å². The van der Waals surface area contributed by atoms with Gasteiger partial charge in [0, 0.05) is 59.3 Å². The number of carbonyl (C=O) groups is 3. The predicted octanol–water partition coefficient (Wildman–Crippen LogP) is 13.4. The van der Waals surface area contributed by atoms with Gasteiger partial charge in [-0.1, -0.05) is 55.1 Å². The van der Waals surface area contributed by atoms with Crippen molar-refractivity contribution in [1.29, 1.82) is 0 Å². The summed E-state index contributed by atoms with van der Waals surface area (Å²) in [6.45, 7) is 7.26. The zero-order chi connectivity index (χ0) is 55.5. The van der Waals surface area contributed by atoms with Crippen LogP contribution in [0.3, 0.4) is 0 Å². The van der Waals surface area contributed by atoms with Gasteiger partial charge in [-0.15, -0.1) is 0 Å². The molecule has 0 bridgehead atoms. The maximum atomic E-state index is 13.4. The number of aromatic nitrogens is 6. The number of hydrogen-bond acceptors (Lipinski definition) is 11. The molecular weight excluding hydrogens is 1010 g/mol. The molecule has 404 valence electrons. The minimum atomic E-state index is -4.34. The second-order valence-electron chi connectivity index (χ2n) is 19.7. The number of hydrogen-bond donors (Lipinski definition) is 2.